The standard InChI is InChI=1S/C14H20Br2N2/c15-5-8-17-6-2-7-18(10-9-17)12-13-3-1-4-14(16)11-13/h1,3-4,11H,2,5-10,12H2. The molecule has 0 saturated carbocycles. The van der Waals surface area contributed by atoms with Gasteiger partial charge in [0.05, 0.1) is 0 Å². The first-order valence-electron chi connectivity index (χ1n) is 6.53. The van der Waals surface area contributed by atoms with Gasteiger partial charge in [-0.25, -0.2) is 0 Å². The van der Waals surface area contributed by atoms with Crippen LogP contribution in [-0.4, -0.2) is 47.9 Å². The van der Waals surface area contributed by atoms with E-state index < -0.39 is 0 Å². The molecule has 0 atom stereocenters. The van der Waals surface area contributed by atoms with E-state index in [0.29, 0.717) is 0 Å². The second-order valence-electron chi connectivity index (χ2n) is 4.79. The Kier molecular flexibility index (Phi) is 6.15. The molecule has 0 amide bonds. The van der Waals surface area contributed by atoms with Crippen molar-refractivity contribution < 1.29 is 0 Å². The Balaban J connectivity index is 1.87. The first-order valence-corrected chi connectivity index (χ1v) is 8.44. The van der Waals surface area contributed by atoms with Crippen LogP contribution in [0.25, 0.3) is 0 Å². The Morgan fingerprint density at radius 2 is 1.83 bits per heavy atom. The number of halogens is 2. The molecule has 100 valence electrons. The van der Waals surface area contributed by atoms with Crippen molar-refractivity contribution in [2.45, 2.75) is 13.0 Å². The van der Waals surface area contributed by atoms with E-state index >= 15 is 0 Å². The summed E-state index contributed by atoms with van der Waals surface area (Å²) in [7, 11) is 0. The second-order valence-corrected chi connectivity index (χ2v) is 6.50. The lowest BCUT2D eigenvalue weighted by atomic mass is 10.2. The van der Waals surface area contributed by atoms with Crippen molar-refractivity contribution in [2.24, 2.45) is 0 Å². The Labute approximate surface area is 127 Å². The van der Waals surface area contributed by atoms with Gasteiger partial charge >= 0.3 is 0 Å². The molecular formula is C14H20Br2N2. The molecule has 0 bridgehead atoms. The van der Waals surface area contributed by atoms with Crippen molar-refractivity contribution in [3.8, 4) is 0 Å². The van der Waals surface area contributed by atoms with Gasteiger partial charge in [-0.05, 0) is 37.2 Å². The highest BCUT2D eigenvalue weighted by Gasteiger charge is 2.14. The van der Waals surface area contributed by atoms with E-state index in [9.17, 15) is 0 Å². The third-order valence-electron chi connectivity index (χ3n) is 3.38. The topological polar surface area (TPSA) is 6.48 Å². The van der Waals surface area contributed by atoms with Crippen LogP contribution in [-0.2, 0) is 6.54 Å². The third-order valence-corrected chi connectivity index (χ3v) is 4.22. The van der Waals surface area contributed by atoms with Crippen LogP contribution < -0.4 is 0 Å². The molecule has 2 nitrogen and oxygen atoms in total. The number of rotatable bonds is 4. The monoisotopic (exact) mass is 374 g/mol. The van der Waals surface area contributed by atoms with Crippen LogP contribution >= 0.6 is 31.9 Å². The summed E-state index contributed by atoms with van der Waals surface area (Å²) < 4.78 is 1.18. The summed E-state index contributed by atoms with van der Waals surface area (Å²) in [5, 5.41) is 1.08. The summed E-state index contributed by atoms with van der Waals surface area (Å²) in [6.45, 7) is 7.07. The Hall–Kier alpha value is 0.100. The number of hydrogen-bond acceptors (Lipinski definition) is 2. The molecule has 0 aromatic heterocycles. The zero-order chi connectivity index (χ0) is 12.8. The molecule has 1 aromatic rings. The maximum absolute atomic E-state index is 3.54. The molecule has 0 unspecified atom stereocenters. The molecule has 0 radical (unpaired) electrons. The predicted octanol–water partition coefficient (Wildman–Crippen LogP) is 3.35. The maximum Gasteiger partial charge on any atom is 0.0234 e. The molecule has 18 heavy (non-hydrogen) atoms. The largest absolute Gasteiger partial charge is 0.301 e. The van der Waals surface area contributed by atoms with E-state index in [4.69, 9.17) is 0 Å². The van der Waals surface area contributed by atoms with Crippen LogP contribution in [0.4, 0.5) is 0 Å². The summed E-state index contributed by atoms with van der Waals surface area (Å²) >= 11 is 7.07. The molecule has 1 aliphatic heterocycles. The van der Waals surface area contributed by atoms with Gasteiger partial charge in [0.2, 0.25) is 0 Å². The summed E-state index contributed by atoms with van der Waals surface area (Å²) in [6, 6.07) is 8.64. The summed E-state index contributed by atoms with van der Waals surface area (Å²) in [5.74, 6) is 0. The molecule has 0 N–H and O–H groups in total. The van der Waals surface area contributed by atoms with Crippen LogP contribution in [0.5, 0.6) is 0 Å². The quantitative estimate of drug-likeness (QED) is 0.744. The molecule has 0 spiro atoms. The first-order chi connectivity index (χ1) is 8.78. The van der Waals surface area contributed by atoms with E-state index in [1.54, 1.807) is 0 Å². The minimum atomic E-state index is 1.07. The third kappa shape index (κ3) is 4.65. The van der Waals surface area contributed by atoms with Gasteiger partial charge in [0.15, 0.2) is 0 Å². The van der Waals surface area contributed by atoms with Crippen molar-refractivity contribution in [3.63, 3.8) is 0 Å². The summed E-state index contributed by atoms with van der Waals surface area (Å²) in [6.07, 6.45) is 1.28. The van der Waals surface area contributed by atoms with Gasteiger partial charge in [-0.2, -0.15) is 0 Å². The second kappa shape index (κ2) is 7.63. The average Bonchev–Trinajstić information content (AvgIpc) is 2.56. The van der Waals surface area contributed by atoms with Crippen LogP contribution in [0.15, 0.2) is 28.7 Å². The highest BCUT2D eigenvalue weighted by molar-refractivity contribution is 9.10. The van der Waals surface area contributed by atoms with Crippen molar-refractivity contribution >= 4 is 31.9 Å². The lowest BCUT2D eigenvalue weighted by molar-refractivity contribution is 0.258. The Morgan fingerprint density at radius 1 is 1.06 bits per heavy atom. The van der Waals surface area contributed by atoms with E-state index in [1.807, 2.05) is 0 Å². The fraction of sp³-hybridized carbons (Fsp3) is 0.571. The Morgan fingerprint density at radius 3 is 2.61 bits per heavy atom. The van der Waals surface area contributed by atoms with Crippen LogP contribution in [0.1, 0.15) is 12.0 Å². The van der Waals surface area contributed by atoms with Gasteiger partial charge in [-0.3, -0.25) is 4.90 Å². The average molecular weight is 376 g/mol. The van der Waals surface area contributed by atoms with E-state index in [1.165, 1.54) is 49.2 Å². The molecule has 1 saturated heterocycles. The van der Waals surface area contributed by atoms with E-state index in [0.717, 1.165) is 11.9 Å². The predicted molar refractivity (Wildman–Crippen MR) is 84.3 cm³/mol. The van der Waals surface area contributed by atoms with Crippen molar-refractivity contribution in [1.29, 1.82) is 0 Å². The molecule has 0 aliphatic carbocycles. The normalized spacial score (nSPS) is 18.8. The number of hydrogen-bond donors (Lipinski definition) is 0. The molecule has 1 heterocycles. The highest BCUT2D eigenvalue weighted by Crippen LogP contribution is 2.14. The molecule has 4 heteroatoms. The van der Waals surface area contributed by atoms with E-state index in [2.05, 4.69) is 65.9 Å². The SMILES string of the molecule is BrCCN1CCCN(Cc2cccc(Br)c2)CC1. The lowest BCUT2D eigenvalue weighted by Crippen LogP contribution is -2.31. The first kappa shape index (κ1) is 14.5. The zero-order valence-electron chi connectivity index (χ0n) is 10.6. The summed E-state index contributed by atoms with van der Waals surface area (Å²) in [5.41, 5.74) is 1.40. The van der Waals surface area contributed by atoms with Gasteiger partial charge in [0.25, 0.3) is 0 Å². The van der Waals surface area contributed by atoms with E-state index in [-0.39, 0.29) is 0 Å². The smallest absolute Gasteiger partial charge is 0.0234 e. The maximum atomic E-state index is 3.54. The van der Waals surface area contributed by atoms with Crippen molar-refractivity contribution in [3.05, 3.63) is 34.3 Å². The molecule has 1 aromatic carbocycles. The summed E-state index contributed by atoms with van der Waals surface area (Å²) in [4.78, 5) is 5.12. The molecular weight excluding hydrogens is 356 g/mol. The highest BCUT2D eigenvalue weighted by atomic mass is 79.9. The van der Waals surface area contributed by atoms with Gasteiger partial charge in [-0.1, -0.05) is 44.0 Å². The molecule has 1 fully saturated rings. The Bertz CT molecular complexity index is 371. The van der Waals surface area contributed by atoms with Crippen molar-refractivity contribution in [2.75, 3.05) is 38.1 Å². The zero-order valence-corrected chi connectivity index (χ0v) is 13.8. The minimum absolute atomic E-state index is 1.07. The number of benzene rings is 1. The fourth-order valence-corrected chi connectivity index (χ4v) is 3.37. The van der Waals surface area contributed by atoms with Gasteiger partial charge < -0.3 is 4.90 Å². The van der Waals surface area contributed by atoms with Gasteiger partial charge in [0.1, 0.15) is 0 Å². The number of alkyl halides is 1. The van der Waals surface area contributed by atoms with Crippen LogP contribution in [0.3, 0.4) is 0 Å². The number of nitrogens with zero attached hydrogens (tertiary/aromatic N) is 2. The minimum Gasteiger partial charge on any atom is -0.301 e. The van der Waals surface area contributed by atoms with Crippen molar-refractivity contribution in [1.82, 2.24) is 9.80 Å². The fourth-order valence-electron chi connectivity index (χ4n) is 2.42. The molecule has 1 aliphatic rings. The van der Waals surface area contributed by atoms with Crippen LogP contribution in [0.2, 0.25) is 0 Å². The van der Waals surface area contributed by atoms with Crippen LogP contribution in [0, 0.1) is 0 Å². The molecule has 2 rings (SSSR count). The van der Waals surface area contributed by atoms with Gasteiger partial charge in [0, 0.05) is 36.0 Å². The lowest BCUT2D eigenvalue weighted by Gasteiger charge is -2.21. The van der Waals surface area contributed by atoms with Gasteiger partial charge in [-0.15, -0.1) is 0 Å².